The maximum absolute atomic E-state index is 12.9. The Morgan fingerprint density at radius 1 is 1.64 bits per heavy atom. The zero-order chi connectivity index (χ0) is 10.2. The number of halogens is 2. The molecule has 2 unspecified atom stereocenters. The first kappa shape index (κ1) is 9.98. The van der Waals surface area contributed by atoms with Crippen molar-refractivity contribution in [3.05, 3.63) is 17.1 Å². The third kappa shape index (κ3) is 1.93. The van der Waals surface area contributed by atoms with Crippen LogP contribution in [0.3, 0.4) is 0 Å². The van der Waals surface area contributed by atoms with Gasteiger partial charge in [0.15, 0.2) is 0 Å². The van der Waals surface area contributed by atoms with E-state index in [1.54, 1.807) is 6.20 Å². The van der Waals surface area contributed by atoms with Crippen molar-refractivity contribution in [3.8, 4) is 0 Å². The van der Waals surface area contributed by atoms with E-state index in [1.165, 1.54) is 11.5 Å². The highest BCUT2D eigenvalue weighted by Gasteiger charge is 2.41. The second-order valence-electron chi connectivity index (χ2n) is 3.84. The molecule has 0 bridgehead atoms. The second-order valence-corrected chi connectivity index (χ2v) is 4.50. The number of aromatic nitrogens is 1. The summed E-state index contributed by atoms with van der Waals surface area (Å²) >= 11 is 1.31. The molecule has 1 fully saturated rings. The van der Waals surface area contributed by atoms with Crippen molar-refractivity contribution in [1.82, 2.24) is 4.37 Å². The highest BCUT2D eigenvalue weighted by Crippen LogP contribution is 2.43. The maximum atomic E-state index is 12.9. The summed E-state index contributed by atoms with van der Waals surface area (Å²) in [6, 6.07) is -0.276. The summed E-state index contributed by atoms with van der Waals surface area (Å²) in [6.07, 6.45) is 2.09. The van der Waals surface area contributed by atoms with Crippen LogP contribution in [0.15, 0.2) is 11.6 Å². The lowest BCUT2D eigenvalue weighted by molar-refractivity contribution is 0.00391. The van der Waals surface area contributed by atoms with Crippen LogP contribution >= 0.6 is 11.5 Å². The van der Waals surface area contributed by atoms with Crippen LogP contribution in [0, 0.1) is 5.92 Å². The Kier molecular flexibility index (Phi) is 2.53. The first-order chi connectivity index (χ1) is 6.58. The summed E-state index contributed by atoms with van der Waals surface area (Å²) in [4.78, 5) is 0. The minimum absolute atomic E-state index is 0.0249. The molecule has 1 saturated carbocycles. The predicted molar refractivity (Wildman–Crippen MR) is 51.3 cm³/mol. The van der Waals surface area contributed by atoms with Crippen LogP contribution in [0.4, 0.5) is 8.78 Å². The molecule has 1 aromatic rings. The van der Waals surface area contributed by atoms with E-state index in [4.69, 9.17) is 5.73 Å². The Labute approximate surface area is 85.3 Å². The van der Waals surface area contributed by atoms with Crippen LogP contribution in [0.1, 0.15) is 30.9 Å². The quantitative estimate of drug-likeness (QED) is 0.828. The Morgan fingerprint density at radius 3 is 2.93 bits per heavy atom. The molecule has 2 N–H and O–H groups in total. The first-order valence-corrected chi connectivity index (χ1v) is 5.45. The van der Waals surface area contributed by atoms with Gasteiger partial charge in [-0.2, -0.15) is 0 Å². The maximum Gasteiger partial charge on any atom is 0.248 e. The van der Waals surface area contributed by atoms with Crippen molar-refractivity contribution in [2.75, 3.05) is 0 Å². The van der Waals surface area contributed by atoms with Gasteiger partial charge in [0.05, 0.1) is 0 Å². The van der Waals surface area contributed by atoms with Gasteiger partial charge < -0.3 is 5.73 Å². The first-order valence-electron chi connectivity index (χ1n) is 4.61. The Bertz CT molecular complexity index is 300. The molecule has 5 heteroatoms. The van der Waals surface area contributed by atoms with E-state index in [0.717, 1.165) is 5.56 Å². The molecular weight excluding hydrogens is 206 g/mol. The molecule has 2 rings (SSSR count). The number of hydrogen-bond donors (Lipinski definition) is 1. The molecule has 0 saturated heterocycles. The molecule has 1 aliphatic carbocycles. The Hall–Kier alpha value is -0.550. The van der Waals surface area contributed by atoms with E-state index in [1.807, 2.05) is 5.38 Å². The lowest BCUT2D eigenvalue weighted by Gasteiger charge is -2.17. The molecule has 78 valence electrons. The Morgan fingerprint density at radius 2 is 2.43 bits per heavy atom. The number of alkyl halides is 2. The molecule has 2 nitrogen and oxygen atoms in total. The number of rotatable bonds is 2. The predicted octanol–water partition coefficient (Wildman–Crippen LogP) is 2.58. The fraction of sp³-hybridized carbons (Fsp3) is 0.667. The second kappa shape index (κ2) is 3.55. The largest absolute Gasteiger partial charge is 0.324 e. The average Bonchev–Trinajstić information content (AvgIpc) is 2.72. The highest BCUT2D eigenvalue weighted by atomic mass is 32.1. The lowest BCUT2D eigenvalue weighted by atomic mass is 9.95. The molecule has 0 aromatic carbocycles. The van der Waals surface area contributed by atoms with Crippen molar-refractivity contribution < 1.29 is 8.78 Å². The van der Waals surface area contributed by atoms with Crippen molar-refractivity contribution in [2.24, 2.45) is 11.7 Å². The van der Waals surface area contributed by atoms with E-state index in [-0.39, 0.29) is 24.8 Å². The van der Waals surface area contributed by atoms with Crippen LogP contribution < -0.4 is 5.73 Å². The van der Waals surface area contributed by atoms with E-state index >= 15 is 0 Å². The molecule has 14 heavy (non-hydrogen) atoms. The smallest absolute Gasteiger partial charge is 0.248 e. The van der Waals surface area contributed by atoms with Crippen molar-refractivity contribution in [2.45, 2.75) is 31.2 Å². The molecule has 1 aromatic heterocycles. The third-order valence-electron chi connectivity index (χ3n) is 2.79. The van der Waals surface area contributed by atoms with Crippen LogP contribution in [0.5, 0.6) is 0 Å². The van der Waals surface area contributed by atoms with Gasteiger partial charge >= 0.3 is 0 Å². The Balaban J connectivity index is 2.04. The molecule has 1 aliphatic rings. The SMILES string of the molecule is NC(c1cnsc1)C1CCC(F)(F)C1. The minimum atomic E-state index is -2.51. The minimum Gasteiger partial charge on any atom is -0.324 e. The number of nitrogens with zero attached hydrogens (tertiary/aromatic N) is 1. The fourth-order valence-electron chi connectivity index (χ4n) is 1.94. The van der Waals surface area contributed by atoms with Gasteiger partial charge in [-0.25, -0.2) is 13.2 Å². The molecule has 0 radical (unpaired) electrons. The van der Waals surface area contributed by atoms with E-state index < -0.39 is 5.92 Å². The van der Waals surface area contributed by atoms with Crippen molar-refractivity contribution in [1.29, 1.82) is 0 Å². The van der Waals surface area contributed by atoms with Gasteiger partial charge in [-0.1, -0.05) is 0 Å². The molecule has 0 aliphatic heterocycles. The molecule has 0 amide bonds. The third-order valence-corrected chi connectivity index (χ3v) is 3.39. The summed E-state index contributed by atoms with van der Waals surface area (Å²) in [5.74, 6) is -2.60. The van der Waals surface area contributed by atoms with Crippen LogP contribution in [-0.2, 0) is 0 Å². The van der Waals surface area contributed by atoms with Gasteiger partial charge in [0.1, 0.15) is 0 Å². The highest BCUT2D eigenvalue weighted by molar-refractivity contribution is 7.03. The van der Waals surface area contributed by atoms with Gasteiger partial charge in [-0.15, -0.1) is 0 Å². The number of nitrogens with two attached hydrogens (primary N) is 1. The van der Waals surface area contributed by atoms with Crippen molar-refractivity contribution in [3.63, 3.8) is 0 Å². The number of hydrogen-bond acceptors (Lipinski definition) is 3. The molecule has 1 heterocycles. The summed E-state index contributed by atoms with van der Waals surface area (Å²) in [7, 11) is 0. The monoisotopic (exact) mass is 218 g/mol. The summed E-state index contributed by atoms with van der Waals surface area (Å²) in [5.41, 5.74) is 6.79. The zero-order valence-corrected chi connectivity index (χ0v) is 8.44. The normalized spacial score (nSPS) is 27.8. The van der Waals surface area contributed by atoms with Crippen LogP contribution in [0.25, 0.3) is 0 Å². The summed E-state index contributed by atoms with van der Waals surface area (Å²) < 4.78 is 29.8. The standard InChI is InChI=1S/C9H12F2N2S/c10-9(11)2-1-6(3-9)8(12)7-4-13-14-5-7/h4-6,8H,1-3,12H2. The fourth-order valence-corrected chi connectivity index (χ4v) is 2.52. The molecule has 2 atom stereocenters. The van der Waals surface area contributed by atoms with Gasteiger partial charge in [-0.05, 0) is 29.4 Å². The van der Waals surface area contributed by atoms with Crippen molar-refractivity contribution >= 4 is 11.5 Å². The average molecular weight is 218 g/mol. The molecule has 0 spiro atoms. The summed E-state index contributed by atoms with van der Waals surface area (Å²) in [5, 5.41) is 1.83. The van der Waals surface area contributed by atoms with Crippen LogP contribution in [0.2, 0.25) is 0 Å². The molecular formula is C9H12F2N2S. The van der Waals surface area contributed by atoms with Gasteiger partial charge in [0, 0.05) is 30.5 Å². The van der Waals surface area contributed by atoms with Crippen LogP contribution in [-0.4, -0.2) is 10.3 Å². The van der Waals surface area contributed by atoms with Gasteiger partial charge in [0.25, 0.3) is 0 Å². The zero-order valence-electron chi connectivity index (χ0n) is 7.62. The topological polar surface area (TPSA) is 38.9 Å². The van der Waals surface area contributed by atoms with E-state index in [2.05, 4.69) is 4.37 Å². The lowest BCUT2D eigenvalue weighted by Crippen LogP contribution is -2.20. The van der Waals surface area contributed by atoms with Gasteiger partial charge in [0.2, 0.25) is 5.92 Å². The van der Waals surface area contributed by atoms with E-state index in [9.17, 15) is 8.78 Å². The van der Waals surface area contributed by atoms with E-state index in [0.29, 0.717) is 6.42 Å². The van der Waals surface area contributed by atoms with Gasteiger partial charge in [-0.3, -0.25) is 0 Å². The summed E-state index contributed by atoms with van der Waals surface area (Å²) in [6.45, 7) is 0.